The lowest BCUT2D eigenvalue weighted by Crippen LogP contribution is -2.29. The van der Waals surface area contributed by atoms with Crippen molar-refractivity contribution in [2.24, 2.45) is 0 Å². The second-order valence-electron chi connectivity index (χ2n) is 4.57. The van der Waals surface area contributed by atoms with Crippen molar-refractivity contribution in [3.8, 4) is 11.5 Å². The SMILES string of the molecule is COCC(C)NCc1cc(OC)cc(OC)c1.O=C(O)C(=O)O. The summed E-state index contributed by atoms with van der Waals surface area (Å²) < 4.78 is 15.5. The molecule has 0 aliphatic rings. The van der Waals surface area contributed by atoms with Crippen molar-refractivity contribution in [2.75, 3.05) is 27.9 Å². The van der Waals surface area contributed by atoms with Crippen LogP contribution in [-0.2, 0) is 20.9 Å². The molecule has 0 aromatic heterocycles. The molecule has 0 spiro atoms. The van der Waals surface area contributed by atoms with Crippen LogP contribution >= 0.6 is 0 Å². The monoisotopic (exact) mass is 329 g/mol. The molecule has 0 saturated carbocycles. The summed E-state index contributed by atoms with van der Waals surface area (Å²) >= 11 is 0. The van der Waals surface area contributed by atoms with Crippen LogP contribution in [0.2, 0.25) is 0 Å². The van der Waals surface area contributed by atoms with Crippen molar-refractivity contribution in [3.63, 3.8) is 0 Å². The molecule has 1 aromatic rings. The Morgan fingerprint density at radius 3 is 1.87 bits per heavy atom. The molecule has 1 atom stereocenters. The fraction of sp³-hybridized carbons (Fsp3) is 0.467. The summed E-state index contributed by atoms with van der Waals surface area (Å²) in [5, 5.41) is 18.1. The molecular weight excluding hydrogens is 306 g/mol. The Morgan fingerprint density at radius 2 is 1.52 bits per heavy atom. The quantitative estimate of drug-likeness (QED) is 0.634. The molecule has 1 rings (SSSR count). The van der Waals surface area contributed by atoms with E-state index in [-0.39, 0.29) is 0 Å². The molecule has 23 heavy (non-hydrogen) atoms. The predicted molar refractivity (Wildman–Crippen MR) is 83.0 cm³/mol. The van der Waals surface area contributed by atoms with E-state index in [0.29, 0.717) is 12.6 Å². The summed E-state index contributed by atoms with van der Waals surface area (Å²) in [7, 11) is 5.01. The summed E-state index contributed by atoms with van der Waals surface area (Å²) in [6.45, 7) is 3.54. The number of nitrogens with one attached hydrogen (secondary N) is 1. The van der Waals surface area contributed by atoms with Gasteiger partial charge in [0.25, 0.3) is 0 Å². The molecule has 0 bridgehead atoms. The number of aliphatic carboxylic acids is 2. The number of benzene rings is 1. The van der Waals surface area contributed by atoms with E-state index in [1.54, 1.807) is 21.3 Å². The molecule has 0 amide bonds. The molecule has 0 aliphatic carbocycles. The third-order valence-corrected chi connectivity index (χ3v) is 2.67. The van der Waals surface area contributed by atoms with Crippen LogP contribution in [0.4, 0.5) is 0 Å². The van der Waals surface area contributed by atoms with E-state index < -0.39 is 11.9 Å². The normalized spacial score (nSPS) is 11.0. The van der Waals surface area contributed by atoms with Crippen LogP contribution in [0.1, 0.15) is 12.5 Å². The number of ether oxygens (including phenoxy) is 3. The van der Waals surface area contributed by atoms with Crippen molar-refractivity contribution in [2.45, 2.75) is 19.5 Å². The van der Waals surface area contributed by atoms with Gasteiger partial charge in [-0.2, -0.15) is 0 Å². The number of methoxy groups -OCH3 is 3. The van der Waals surface area contributed by atoms with Crippen LogP contribution in [0.3, 0.4) is 0 Å². The Balaban J connectivity index is 0.000000688. The first kappa shape index (κ1) is 20.7. The highest BCUT2D eigenvalue weighted by Gasteiger charge is 2.05. The summed E-state index contributed by atoms with van der Waals surface area (Å²) in [6, 6.07) is 6.17. The van der Waals surface area contributed by atoms with E-state index in [0.717, 1.165) is 23.6 Å². The van der Waals surface area contributed by atoms with Crippen molar-refractivity contribution >= 4 is 11.9 Å². The Morgan fingerprint density at radius 1 is 1.04 bits per heavy atom. The minimum atomic E-state index is -1.82. The maximum atomic E-state index is 9.10. The molecule has 8 heteroatoms. The Kier molecular flexibility index (Phi) is 10.1. The van der Waals surface area contributed by atoms with Crippen molar-refractivity contribution in [1.29, 1.82) is 0 Å². The number of hydrogen-bond acceptors (Lipinski definition) is 6. The standard InChI is InChI=1S/C13H21NO3.C2H2O4/c1-10(9-15-2)14-8-11-5-12(16-3)7-13(6-11)17-4;3-1(4)2(5)6/h5-7,10,14H,8-9H2,1-4H3;(H,3,4)(H,5,6). The zero-order chi connectivity index (χ0) is 17.8. The molecule has 8 nitrogen and oxygen atoms in total. The highest BCUT2D eigenvalue weighted by atomic mass is 16.5. The Labute approximate surface area is 135 Å². The molecule has 0 fully saturated rings. The van der Waals surface area contributed by atoms with E-state index in [1.807, 2.05) is 18.2 Å². The zero-order valence-corrected chi connectivity index (χ0v) is 13.7. The molecule has 1 unspecified atom stereocenters. The highest BCUT2D eigenvalue weighted by Crippen LogP contribution is 2.22. The van der Waals surface area contributed by atoms with Crippen LogP contribution in [-0.4, -0.2) is 56.1 Å². The number of hydrogen-bond donors (Lipinski definition) is 3. The third kappa shape index (κ3) is 9.33. The fourth-order valence-corrected chi connectivity index (χ4v) is 1.57. The smallest absolute Gasteiger partial charge is 0.414 e. The molecule has 0 aliphatic heterocycles. The third-order valence-electron chi connectivity index (χ3n) is 2.67. The van der Waals surface area contributed by atoms with Crippen molar-refractivity contribution in [1.82, 2.24) is 5.32 Å². The van der Waals surface area contributed by atoms with Gasteiger partial charge in [0.1, 0.15) is 11.5 Å². The number of rotatable bonds is 7. The molecule has 0 radical (unpaired) electrons. The topological polar surface area (TPSA) is 114 Å². The Bertz CT molecular complexity index is 470. The summed E-state index contributed by atoms with van der Waals surface area (Å²) in [6.07, 6.45) is 0. The van der Waals surface area contributed by atoms with Gasteiger partial charge in [0.05, 0.1) is 20.8 Å². The van der Waals surface area contributed by atoms with Gasteiger partial charge in [0.2, 0.25) is 0 Å². The van der Waals surface area contributed by atoms with Gasteiger partial charge in [-0.15, -0.1) is 0 Å². The second-order valence-corrected chi connectivity index (χ2v) is 4.57. The van der Waals surface area contributed by atoms with Crippen LogP contribution in [0, 0.1) is 0 Å². The predicted octanol–water partition coefficient (Wildman–Crippen LogP) is 0.984. The largest absolute Gasteiger partial charge is 0.497 e. The lowest BCUT2D eigenvalue weighted by molar-refractivity contribution is -0.159. The van der Waals surface area contributed by atoms with E-state index in [1.165, 1.54) is 0 Å². The molecular formula is C15H23NO7. The average Bonchev–Trinajstić information content (AvgIpc) is 2.53. The molecule has 0 heterocycles. The molecule has 1 aromatic carbocycles. The summed E-state index contributed by atoms with van der Waals surface area (Å²) in [5.41, 5.74) is 1.13. The van der Waals surface area contributed by atoms with Crippen LogP contribution < -0.4 is 14.8 Å². The van der Waals surface area contributed by atoms with Gasteiger partial charge in [0.15, 0.2) is 0 Å². The second kappa shape index (κ2) is 11.3. The van der Waals surface area contributed by atoms with E-state index in [9.17, 15) is 0 Å². The number of carbonyl (C=O) groups is 2. The van der Waals surface area contributed by atoms with Crippen LogP contribution in [0.25, 0.3) is 0 Å². The lowest BCUT2D eigenvalue weighted by atomic mass is 10.2. The first-order valence-electron chi connectivity index (χ1n) is 6.74. The average molecular weight is 329 g/mol. The zero-order valence-electron chi connectivity index (χ0n) is 13.7. The number of carboxylic acid groups (broad SMARTS) is 2. The van der Waals surface area contributed by atoms with Crippen LogP contribution in [0.5, 0.6) is 11.5 Å². The summed E-state index contributed by atoms with van der Waals surface area (Å²) in [4.78, 5) is 18.2. The highest BCUT2D eigenvalue weighted by molar-refractivity contribution is 6.27. The van der Waals surface area contributed by atoms with Crippen molar-refractivity contribution in [3.05, 3.63) is 23.8 Å². The van der Waals surface area contributed by atoms with E-state index in [4.69, 9.17) is 34.0 Å². The number of carboxylic acids is 2. The maximum absolute atomic E-state index is 9.10. The molecule has 0 saturated heterocycles. The van der Waals surface area contributed by atoms with E-state index >= 15 is 0 Å². The van der Waals surface area contributed by atoms with E-state index in [2.05, 4.69) is 12.2 Å². The van der Waals surface area contributed by atoms with Gasteiger partial charge in [-0.25, -0.2) is 9.59 Å². The van der Waals surface area contributed by atoms with Gasteiger partial charge in [-0.1, -0.05) is 0 Å². The first-order chi connectivity index (χ1) is 10.8. The Hall–Kier alpha value is -2.32. The first-order valence-corrected chi connectivity index (χ1v) is 6.74. The minimum Gasteiger partial charge on any atom is -0.497 e. The lowest BCUT2D eigenvalue weighted by Gasteiger charge is -2.14. The van der Waals surface area contributed by atoms with Crippen molar-refractivity contribution < 1.29 is 34.0 Å². The van der Waals surface area contributed by atoms with Crippen LogP contribution in [0.15, 0.2) is 18.2 Å². The van der Waals surface area contributed by atoms with Gasteiger partial charge in [0, 0.05) is 25.8 Å². The van der Waals surface area contributed by atoms with Gasteiger partial charge >= 0.3 is 11.9 Å². The molecule has 3 N–H and O–H groups in total. The molecule has 130 valence electrons. The minimum absolute atomic E-state index is 0.317. The fourth-order valence-electron chi connectivity index (χ4n) is 1.57. The maximum Gasteiger partial charge on any atom is 0.414 e. The van der Waals surface area contributed by atoms with Gasteiger partial charge in [-0.3, -0.25) is 0 Å². The summed E-state index contributed by atoms with van der Waals surface area (Å²) in [5.74, 6) is -2.04. The van der Waals surface area contributed by atoms with Gasteiger partial charge in [-0.05, 0) is 24.6 Å². The van der Waals surface area contributed by atoms with Gasteiger partial charge < -0.3 is 29.7 Å².